The van der Waals surface area contributed by atoms with E-state index < -0.39 is 28.5 Å². The molecule has 0 saturated heterocycles. The standard InChI is InChI=1S/C30H33Cl4N3O4S/c1-5-20(4)35-30(39)27(6-2)36(17-21-9-10-22(31)15-26(21)34)29(38)18-37(28-16-23(32)11-14-25(28)33)42(40,41)24-12-7-19(3)8-13-24/h7-16,20,27H,5-6,17-18H2,1-4H3,(H,35,39)/t20-,27+/m0/s1. The third-order valence-corrected chi connectivity index (χ3v) is 9.72. The number of carbonyl (C=O) groups excluding carboxylic acids is 2. The van der Waals surface area contributed by atoms with Gasteiger partial charge in [0.2, 0.25) is 11.8 Å². The maximum absolute atomic E-state index is 14.2. The Bertz CT molecular complexity index is 1530. The number of carbonyl (C=O) groups is 2. The van der Waals surface area contributed by atoms with Crippen LogP contribution in [0.3, 0.4) is 0 Å². The minimum Gasteiger partial charge on any atom is -0.352 e. The molecule has 0 heterocycles. The Hall–Kier alpha value is -2.49. The zero-order valence-electron chi connectivity index (χ0n) is 23.7. The predicted octanol–water partition coefficient (Wildman–Crippen LogP) is 7.53. The van der Waals surface area contributed by atoms with E-state index >= 15 is 0 Å². The lowest BCUT2D eigenvalue weighted by Crippen LogP contribution is -2.53. The Labute approximate surface area is 267 Å². The highest BCUT2D eigenvalue weighted by molar-refractivity contribution is 7.92. The van der Waals surface area contributed by atoms with Crippen LogP contribution in [-0.4, -0.2) is 43.8 Å². The third-order valence-electron chi connectivity index (χ3n) is 6.81. The summed E-state index contributed by atoms with van der Waals surface area (Å²) in [6.07, 6.45) is 0.955. The molecule has 42 heavy (non-hydrogen) atoms. The monoisotopic (exact) mass is 671 g/mol. The highest BCUT2D eigenvalue weighted by Crippen LogP contribution is 2.33. The summed E-state index contributed by atoms with van der Waals surface area (Å²) in [6, 6.07) is 14.4. The van der Waals surface area contributed by atoms with Gasteiger partial charge in [-0.05, 0) is 74.7 Å². The van der Waals surface area contributed by atoms with Gasteiger partial charge in [-0.1, -0.05) is 84.0 Å². The summed E-state index contributed by atoms with van der Waals surface area (Å²) in [5, 5.41) is 3.96. The van der Waals surface area contributed by atoms with Crippen molar-refractivity contribution in [3.05, 3.63) is 91.9 Å². The van der Waals surface area contributed by atoms with E-state index in [1.54, 1.807) is 37.3 Å². The van der Waals surface area contributed by atoms with Gasteiger partial charge in [-0.25, -0.2) is 8.42 Å². The van der Waals surface area contributed by atoms with Crippen LogP contribution in [0.15, 0.2) is 65.6 Å². The number of sulfonamides is 1. The number of nitrogens with zero attached hydrogens (tertiary/aromatic N) is 2. The molecule has 2 amide bonds. The van der Waals surface area contributed by atoms with Crippen LogP contribution in [-0.2, 0) is 26.2 Å². The van der Waals surface area contributed by atoms with E-state index in [1.165, 1.54) is 35.2 Å². The number of anilines is 1. The molecule has 226 valence electrons. The van der Waals surface area contributed by atoms with Gasteiger partial charge < -0.3 is 10.2 Å². The molecule has 7 nitrogen and oxygen atoms in total. The highest BCUT2D eigenvalue weighted by Gasteiger charge is 2.35. The number of hydrogen-bond acceptors (Lipinski definition) is 4. The number of amides is 2. The summed E-state index contributed by atoms with van der Waals surface area (Å²) in [5.41, 5.74) is 1.43. The molecule has 0 radical (unpaired) electrons. The van der Waals surface area contributed by atoms with E-state index in [0.29, 0.717) is 22.0 Å². The first-order chi connectivity index (χ1) is 19.8. The molecule has 0 aromatic heterocycles. The molecule has 12 heteroatoms. The van der Waals surface area contributed by atoms with Crippen LogP contribution < -0.4 is 9.62 Å². The molecule has 3 aromatic rings. The summed E-state index contributed by atoms with van der Waals surface area (Å²) in [5.74, 6) is -1.00. The minimum absolute atomic E-state index is 0.0275. The van der Waals surface area contributed by atoms with Crippen LogP contribution in [0.4, 0.5) is 5.69 Å². The van der Waals surface area contributed by atoms with Crippen molar-refractivity contribution in [1.82, 2.24) is 10.2 Å². The molecule has 0 fully saturated rings. The van der Waals surface area contributed by atoms with Crippen molar-refractivity contribution in [2.75, 3.05) is 10.8 Å². The lowest BCUT2D eigenvalue weighted by Gasteiger charge is -2.34. The van der Waals surface area contributed by atoms with Crippen molar-refractivity contribution in [3.63, 3.8) is 0 Å². The van der Waals surface area contributed by atoms with Gasteiger partial charge in [0.15, 0.2) is 0 Å². The van der Waals surface area contributed by atoms with E-state index in [4.69, 9.17) is 46.4 Å². The Kier molecular flexibility index (Phi) is 12.0. The quantitative estimate of drug-likeness (QED) is 0.216. The molecule has 0 spiro atoms. The number of benzene rings is 3. The molecule has 3 rings (SSSR count). The second kappa shape index (κ2) is 14.8. The fraction of sp³-hybridized carbons (Fsp3) is 0.333. The van der Waals surface area contributed by atoms with Crippen molar-refractivity contribution in [1.29, 1.82) is 0 Å². The normalized spacial score (nSPS) is 12.9. The zero-order valence-corrected chi connectivity index (χ0v) is 27.5. The van der Waals surface area contributed by atoms with E-state index in [0.717, 1.165) is 9.87 Å². The van der Waals surface area contributed by atoms with Crippen molar-refractivity contribution in [2.24, 2.45) is 0 Å². The van der Waals surface area contributed by atoms with Gasteiger partial charge in [-0.2, -0.15) is 0 Å². The first-order valence-corrected chi connectivity index (χ1v) is 16.3. The third kappa shape index (κ3) is 8.32. The van der Waals surface area contributed by atoms with Gasteiger partial charge in [-0.3, -0.25) is 13.9 Å². The highest BCUT2D eigenvalue weighted by atomic mass is 35.5. The van der Waals surface area contributed by atoms with Crippen LogP contribution in [0.25, 0.3) is 0 Å². The Morgan fingerprint density at radius 3 is 2.07 bits per heavy atom. The van der Waals surface area contributed by atoms with Crippen molar-refractivity contribution in [2.45, 2.75) is 64.1 Å². The summed E-state index contributed by atoms with van der Waals surface area (Å²) < 4.78 is 28.9. The Morgan fingerprint density at radius 1 is 0.857 bits per heavy atom. The summed E-state index contributed by atoms with van der Waals surface area (Å²) in [4.78, 5) is 28.9. The van der Waals surface area contributed by atoms with Gasteiger partial charge in [0.1, 0.15) is 12.6 Å². The van der Waals surface area contributed by atoms with Crippen LogP contribution in [0.2, 0.25) is 20.1 Å². The van der Waals surface area contributed by atoms with Gasteiger partial charge in [0.05, 0.1) is 15.6 Å². The van der Waals surface area contributed by atoms with Crippen molar-refractivity contribution >= 4 is 73.9 Å². The van der Waals surface area contributed by atoms with E-state index in [1.807, 2.05) is 20.8 Å². The SMILES string of the molecule is CC[C@H](C(=O)N[C@@H](C)CC)N(Cc1ccc(Cl)cc1Cl)C(=O)CN(c1cc(Cl)ccc1Cl)S(=O)(=O)c1ccc(C)cc1. The lowest BCUT2D eigenvalue weighted by atomic mass is 10.1. The molecule has 1 N–H and O–H groups in total. The number of aryl methyl sites for hydroxylation is 1. The molecule has 3 aromatic carbocycles. The number of rotatable bonds is 12. The van der Waals surface area contributed by atoms with Gasteiger partial charge in [0.25, 0.3) is 10.0 Å². The van der Waals surface area contributed by atoms with Gasteiger partial charge in [0, 0.05) is 27.7 Å². The smallest absolute Gasteiger partial charge is 0.264 e. The van der Waals surface area contributed by atoms with Gasteiger partial charge in [-0.15, -0.1) is 0 Å². The van der Waals surface area contributed by atoms with Crippen LogP contribution in [0, 0.1) is 6.92 Å². The van der Waals surface area contributed by atoms with E-state index in [-0.39, 0.29) is 45.5 Å². The minimum atomic E-state index is -4.30. The van der Waals surface area contributed by atoms with Crippen molar-refractivity contribution in [3.8, 4) is 0 Å². The van der Waals surface area contributed by atoms with E-state index in [9.17, 15) is 18.0 Å². The number of nitrogens with one attached hydrogen (secondary N) is 1. The topological polar surface area (TPSA) is 86.8 Å². The first-order valence-electron chi connectivity index (χ1n) is 13.4. The lowest BCUT2D eigenvalue weighted by molar-refractivity contribution is -0.140. The summed E-state index contributed by atoms with van der Waals surface area (Å²) >= 11 is 25.2. The summed E-state index contributed by atoms with van der Waals surface area (Å²) in [6.45, 7) is 6.69. The molecule has 0 aliphatic rings. The molecule has 0 bridgehead atoms. The van der Waals surface area contributed by atoms with Crippen LogP contribution in [0.1, 0.15) is 44.7 Å². The average Bonchev–Trinajstić information content (AvgIpc) is 2.94. The zero-order chi connectivity index (χ0) is 31.2. The number of hydrogen-bond donors (Lipinski definition) is 1. The fourth-order valence-corrected chi connectivity index (χ4v) is 6.55. The van der Waals surface area contributed by atoms with Gasteiger partial charge >= 0.3 is 0 Å². The van der Waals surface area contributed by atoms with Crippen LogP contribution in [0.5, 0.6) is 0 Å². The van der Waals surface area contributed by atoms with E-state index in [2.05, 4.69) is 5.32 Å². The Balaban J connectivity index is 2.12. The molecular formula is C30H33Cl4N3O4S. The second-order valence-electron chi connectivity index (χ2n) is 9.92. The average molecular weight is 673 g/mol. The second-order valence-corrected chi connectivity index (χ2v) is 13.5. The number of halogens is 4. The molecule has 2 atom stereocenters. The van der Waals surface area contributed by atoms with Crippen molar-refractivity contribution < 1.29 is 18.0 Å². The molecule has 0 aliphatic heterocycles. The fourth-order valence-electron chi connectivity index (χ4n) is 4.22. The maximum Gasteiger partial charge on any atom is 0.264 e. The Morgan fingerprint density at radius 2 is 1.48 bits per heavy atom. The summed E-state index contributed by atoms with van der Waals surface area (Å²) in [7, 11) is -4.30. The first kappa shape index (κ1) is 34.0. The maximum atomic E-state index is 14.2. The largest absolute Gasteiger partial charge is 0.352 e. The molecular weight excluding hydrogens is 640 g/mol. The predicted molar refractivity (Wildman–Crippen MR) is 171 cm³/mol. The molecule has 0 aliphatic carbocycles. The molecule has 0 unspecified atom stereocenters. The molecule has 0 saturated carbocycles. The van der Waals surface area contributed by atoms with Crippen LogP contribution >= 0.6 is 46.4 Å².